The van der Waals surface area contributed by atoms with Crippen molar-refractivity contribution in [2.24, 2.45) is 0 Å². The molecule has 0 aromatic heterocycles. The van der Waals surface area contributed by atoms with Crippen LogP contribution in [-0.4, -0.2) is 28.4 Å². The van der Waals surface area contributed by atoms with Crippen LogP contribution in [0.4, 0.5) is 5.69 Å². The van der Waals surface area contributed by atoms with Gasteiger partial charge in [-0.25, -0.2) is 8.42 Å². The molecular formula is C16H17NO4S. The van der Waals surface area contributed by atoms with E-state index >= 15 is 0 Å². The number of ether oxygens (including phenoxy) is 1. The largest absolute Gasteiger partial charge is 0.495 e. The first-order valence-corrected chi connectivity index (χ1v) is 8.10. The number of anilines is 1. The summed E-state index contributed by atoms with van der Waals surface area (Å²) in [4.78, 5) is 11.1. The van der Waals surface area contributed by atoms with E-state index in [-0.39, 0.29) is 11.4 Å². The minimum atomic E-state index is -3.84. The summed E-state index contributed by atoms with van der Waals surface area (Å²) in [6.07, 6.45) is 0.558. The van der Waals surface area contributed by atoms with Crippen LogP contribution in [0.5, 0.6) is 5.75 Å². The number of nitrogens with zero attached hydrogens (tertiary/aromatic N) is 1. The molecule has 0 unspecified atom stereocenters. The molecule has 0 atom stereocenters. The lowest BCUT2D eigenvalue weighted by atomic mass is 10.2. The van der Waals surface area contributed by atoms with Crippen LogP contribution in [0.3, 0.4) is 0 Å². The van der Waals surface area contributed by atoms with Crippen molar-refractivity contribution in [1.29, 1.82) is 0 Å². The Hall–Kier alpha value is -2.34. The number of hydrogen-bond acceptors (Lipinski definition) is 4. The van der Waals surface area contributed by atoms with Crippen molar-refractivity contribution < 1.29 is 17.9 Å². The lowest BCUT2D eigenvalue weighted by molar-refractivity contribution is -0.106. The number of benzene rings is 2. The molecule has 6 heteroatoms. The standard InChI is InChI=1S/C16H17NO4S/c1-13-8-9-16(21-2)15(12-13)17(10-11-18)22(19,20)14-6-4-3-5-7-14/h3-9,11-12H,10H2,1-2H3. The van der Waals surface area contributed by atoms with E-state index in [1.807, 2.05) is 13.0 Å². The van der Waals surface area contributed by atoms with Gasteiger partial charge in [-0.2, -0.15) is 0 Å². The Bertz CT molecular complexity index is 757. The molecule has 0 saturated heterocycles. The zero-order valence-electron chi connectivity index (χ0n) is 12.4. The smallest absolute Gasteiger partial charge is 0.264 e. The third-order valence-corrected chi connectivity index (χ3v) is 4.97. The summed E-state index contributed by atoms with van der Waals surface area (Å²) in [7, 11) is -2.38. The first kappa shape index (κ1) is 16.0. The Balaban J connectivity index is 2.61. The van der Waals surface area contributed by atoms with Crippen LogP contribution in [0.1, 0.15) is 5.56 Å². The lowest BCUT2D eigenvalue weighted by Crippen LogP contribution is -2.33. The third-order valence-electron chi connectivity index (χ3n) is 3.17. The molecule has 0 aliphatic heterocycles. The summed E-state index contributed by atoms with van der Waals surface area (Å²) in [5.74, 6) is 0.395. The van der Waals surface area contributed by atoms with E-state index in [2.05, 4.69) is 0 Å². The Morgan fingerprint density at radius 1 is 1.14 bits per heavy atom. The molecule has 0 bridgehead atoms. The number of aldehydes is 1. The summed E-state index contributed by atoms with van der Waals surface area (Å²) in [6.45, 7) is 1.56. The molecule has 0 saturated carbocycles. The predicted octanol–water partition coefficient (Wildman–Crippen LogP) is 2.40. The summed E-state index contributed by atoms with van der Waals surface area (Å²) in [5.41, 5.74) is 1.22. The quantitative estimate of drug-likeness (QED) is 0.767. The number of sulfonamides is 1. The Morgan fingerprint density at radius 3 is 2.41 bits per heavy atom. The minimum Gasteiger partial charge on any atom is -0.495 e. The van der Waals surface area contributed by atoms with Crippen LogP contribution in [0, 0.1) is 6.92 Å². The van der Waals surface area contributed by atoms with Crippen molar-refractivity contribution in [2.45, 2.75) is 11.8 Å². The Labute approximate surface area is 130 Å². The maximum atomic E-state index is 12.8. The zero-order valence-corrected chi connectivity index (χ0v) is 13.2. The van der Waals surface area contributed by atoms with Crippen molar-refractivity contribution in [3.8, 4) is 5.75 Å². The highest BCUT2D eigenvalue weighted by Gasteiger charge is 2.26. The van der Waals surface area contributed by atoms with Gasteiger partial charge in [0.05, 0.1) is 24.2 Å². The van der Waals surface area contributed by atoms with Gasteiger partial charge in [0.1, 0.15) is 12.0 Å². The highest BCUT2D eigenvalue weighted by molar-refractivity contribution is 7.92. The third kappa shape index (κ3) is 3.12. The second-order valence-corrected chi connectivity index (χ2v) is 6.55. The van der Waals surface area contributed by atoms with Crippen LogP contribution in [0.15, 0.2) is 53.4 Å². The average Bonchev–Trinajstić information content (AvgIpc) is 2.53. The van der Waals surface area contributed by atoms with Gasteiger partial charge >= 0.3 is 0 Å². The van der Waals surface area contributed by atoms with Crippen molar-refractivity contribution in [2.75, 3.05) is 18.0 Å². The molecule has 0 spiro atoms. The first-order chi connectivity index (χ1) is 10.5. The van der Waals surface area contributed by atoms with Crippen molar-refractivity contribution >= 4 is 22.0 Å². The minimum absolute atomic E-state index is 0.125. The molecule has 5 nitrogen and oxygen atoms in total. The van der Waals surface area contributed by atoms with Crippen molar-refractivity contribution in [3.05, 3.63) is 54.1 Å². The summed E-state index contributed by atoms with van der Waals surface area (Å²) in [5, 5.41) is 0. The van der Waals surface area contributed by atoms with Crippen LogP contribution in [0.25, 0.3) is 0 Å². The SMILES string of the molecule is COc1ccc(C)cc1N(CC=O)S(=O)(=O)c1ccccc1. The fraction of sp³-hybridized carbons (Fsp3) is 0.188. The van der Waals surface area contributed by atoms with Gasteiger partial charge in [-0.3, -0.25) is 4.31 Å². The fourth-order valence-corrected chi connectivity index (χ4v) is 3.52. The van der Waals surface area contributed by atoms with E-state index in [4.69, 9.17) is 4.74 Å². The lowest BCUT2D eigenvalue weighted by Gasteiger charge is -2.24. The molecule has 0 amide bonds. The van der Waals surface area contributed by atoms with Crippen molar-refractivity contribution in [3.63, 3.8) is 0 Å². The van der Waals surface area contributed by atoms with Gasteiger partial charge in [-0.05, 0) is 36.8 Å². The van der Waals surface area contributed by atoms with Gasteiger partial charge in [0, 0.05) is 0 Å². The molecule has 2 rings (SSSR count). The normalized spacial score (nSPS) is 11.0. The summed E-state index contributed by atoms with van der Waals surface area (Å²) < 4.78 is 31.9. The van der Waals surface area contributed by atoms with E-state index in [9.17, 15) is 13.2 Å². The Kier molecular flexibility index (Phi) is 4.82. The van der Waals surface area contributed by atoms with Gasteiger partial charge in [-0.1, -0.05) is 24.3 Å². The van der Waals surface area contributed by atoms with Crippen LogP contribution >= 0.6 is 0 Å². The maximum absolute atomic E-state index is 12.8. The van der Waals surface area contributed by atoms with E-state index in [0.29, 0.717) is 17.7 Å². The van der Waals surface area contributed by atoms with Crippen molar-refractivity contribution in [1.82, 2.24) is 0 Å². The van der Waals surface area contributed by atoms with Gasteiger partial charge in [0.15, 0.2) is 0 Å². The zero-order chi connectivity index (χ0) is 16.2. The maximum Gasteiger partial charge on any atom is 0.264 e. The molecule has 0 heterocycles. The topological polar surface area (TPSA) is 63.7 Å². The fourth-order valence-electron chi connectivity index (χ4n) is 2.11. The summed E-state index contributed by atoms with van der Waals surface area (Å²) in [6, 6.07) is 13.2. The van der Waals surface area contributed by atoms with Crippen LogP contribution in [-0.2, 0) is 14.8 Å². The van der Waals surface area contributed by atoms with Gasteiger partial charge < -0.3 is 9.53 Å². The average molecular weight is 319 g/mol. The van der Waals surface area contributed by atoms with E-state index in [0.717, 1.165) is 9.87 Å². The monoisotopic (exact) mass is 319 g/mol. The van der Waals surface area contributed by atoms with E-state index < -0.39 is 10.0 Å². The molecule has 0 radical (unpaired) electrons. The molecule has 0 fully saturated rings. The summed E-state index contributed by atoms with van der Waals surface area (Å²) >= 11 is 0. The predicted molar refractivity (Wildman–Crippen MR) is 84.8 cm³/mol. The molecule has 0 aliphatic rings. The Morgan fingerprint density at radius 2 is 1.82 bits per heavy atom. The molecule has 116 valence electrons. The number of rotatable bonds is 6. The van der Waals surface area contributed by atoms with E-state index in [1.165, 1.54) is 19.2 Å². The second-order valence-electron chi connectivity index (χ2n) is 4.69. The van der Waals surface area contributed by atoms with Gasteiger partial charge in [0.2, 0.25) is 0 Å². The highest BCUT2D eigenvalue weighted by Crippen LogP contribution is 2.32. The number of carbonyl (C=O) groups excluding carboxylic acids is 1. The van der Waals surface area contributed by atoms with E-state index in [1.54, 1.807) is 30.3 Å². The van der Waals surface area contributed by atoms with Gasteiger partial charge in [-0.15, -0.1) is 0 Å². The first-order valence-electron chi connectivity index (χ1n) is 6.66. The highest BCUT2D eigenvalue weighted by atomic mass is 32.2. The molecule has 2 aromatic rings. The second kappa shape index (κ2) is 6.62. The molecular weight excluding hydrogens is 302 g/mol. The van der Waals surface area contributed by atoms with Crippen LogP contribution < -0.4 is 9.04 Å². The number of carbonyl (C=O) groups is 1. The van der Waals surface area contributed by atoms with Gasteiger partial charge in [0.25, 0.3) is 10.0 Å². The van der Waals surface area contributed by atoms with Crippen LogP contribution in [0.2, 0.25) is 0 Å². The molecule has 22 heavy (non-hydrogen) atoms. The molecule has 0 aliphatic carbocycles. The number of methoxy groups -OCH3 is 1. The molecule has 0 N–H and O–H groups in total. The number of aryl methyl sites for hydroxylation is 1. The number of hydrogen-bond donors (Lipinski definition) is 0. The molecule has 2 aromatic carbocycles.